The van der Waals surface area contributed by atoms with Crippen LogP contribution in [0.15, 0.2) is 29.2 Å². The van der Waals surface area contributed by atoms with Crippen molar-refractivity contribution in [3.63, 3.8) is 0 Å². The Morgan fingerprint density at radius 3 is 2.32 bits per heavy atom. The highest BCUT2D eigenvalue weighted by molar-refractivity contribution is 7.91. The maximum Gasteiger partial charge on any atom is 0.252 e. The Morgan fingerprint density at radius 2 is 1.89 bits per heavy atom. The average molecular weight is 290 g/mol. The van der Waals surface area contributed by atoms with Crippen LogP contribution in [0.1, 0.15) is 24.8 Å². The molecule has 0 bridgehead atoms. The van der Waals surface area contributed by atoms with Crippen LogP contribution in [0.5, 0.6) is 0 Å². The third kappa shape index (κ3) is 2.95. The van der Waals surface area contributed by atoms with Crippen LogP contribution in [0, 0.1) is 5.92 Å². The molecule has 0 aromatic heterocycles. The van der Waals surface area contributed by atoms with Crippen LogP contribution in [0.3, 0.4) is 0 Å². The SMILES string of the molecule is CC1C(O)CC1c1ccc(S(=O)(=O)CC(F)F)cc1. The van der Waals surface area contributed by atoms with Gasteiger partial charge in [0.05, 0.1) is 11.0 Å². The summed E-state index contributed by atoms with van der Waals surface area (Å²) in [4.78, 5) is -0.0796. The third-order valence-electron chi connectivity index (χ3n) is 3.75. The minimum Gasteiger partial charge on any atom is -0.393 e. The fourth-order valence-corrected chi connectivity index (χ4v) is 3.46. The third-order valence-corrected chi connectivity index (χ3v) is 5.43. The van der Waals surface area contributed by atoms with Crippen LogP contribution in [-0.4, -0.2) is 31.8 Å². The van der Waals surface area contributed by atoms with Crippen molar-refractivity contribution in [1.82, 2.24) is 0 Å². The van der Waals surface area contributed by atoms with Crippen molar-refractivity contribution < 1.29 is 22.3 Å². The van der Waals surface area contributed by atoms with E-state index in [0.717, 1.165) is 5.56 Å². The number of aliphatic hydroxyl groups is 1. The standard InChI is InChI=1S/C13H16F2O3S/c1-8-11(6-12(8)16)9-2-4-10(5-3-9)19(17,18)7-13(14)15/h2-5,8,11-13,16H,6-7H2,1H3. The number of alkyl halides is 2. The van der Waals surface area contributed by atoms with Crippen molar-refractivity contribution >= 4 is 9.84 Å². The van der Waals surface area contributed by atoms with Gasteiger partial charge in [0.2, 0.25) is 0 Å². The van der Waals surface area contributed by atoms with Crippen molar-refractivity contribution in [1.29, 1.82) is 0 Å². The Bertz CT molecular complexity index is 540. The zero-order valence-electron chi connectivity index (χ0n) is 10.5. The molecule has 1 aromatic rings. The van der Waals surface area contributed by atoms with Crippen LogP contribution >= 0.6 is 0 Å². The fraction of sp³-hybridized carbons (Fsp3) is 0.538. The molecular formula is C13H16F2O3S. The van der Waals surface area contributed by atoms with Crippen LogP contribution in [0.4, 0.5) is 8.78 Å². The van der Waals surface area contributed by atoms with Gasteiger partial charge in [-0.15, -0.1) is 0 Å². The number of hydrogen-bond acceptors (Lipinski definition) is 3. The topological polar surface area (TPSA) is 54.4 Å². The molecule has 6 heteroatoms. The predicted molar refractivity (Wildman–Crippen MR) is 67.0 cm³/mol. The average Bonchev–Trinajstić information content (AvgIpc) is 2.34. The van der Waals surface area contributed by atoms with Gasteiger partial charge in [0, 0.05) is 0 Å². The van der Waals surface area contributed by atoms with Gasteiger partial charge < -0.3 is 5.11 Å². The van der Waals surface area contributed by atoms with Gasteiger partial charge in [0.1, 0.15) is 5.75 Å². The molecule has 1 N–H and O–H groups in total. The monoisotopic (exact) mass is 290 g/mol. The lowest BCUT2D eigenvalue weighted by Crippen LogP contribution is -2.37. The van der Waals surface area contributed by atoms with Crippen molar-refractivity contribution in [2.75, 3.05) is 5.75 Å². The lowest BCUT2D eigenvalue weighted by atomic mass is 9.69. The summed E-state index contributed by atoms with van der Waals surface area (Å²) >= 11 is 0. The van der Waals surface area contributed by atoms with Gasteiger partial charge in [-0.3, -0.25) is 0 Å². The Kier molecular flexibility index (Phi) is 3.92. The van der Waals surface area contributed by atoms with E-state index in [9.17, 15) is 22.3 Å². The number of sulfone groups is 1. The zero-order valence-corrected chi connectivity index (χ0v) is 11.3. The van der Waals surface area contributed by atoms with Gasteiger partial charge in [0.25, 0.3) is 6.43 Å². The van der Waals surface area contributed by atoms with Crippen molar-refractivity contribution in [3.8, 4) is 0 Å². The molecule has 106 valence electrons. The first-order valence-electron chi connectivity index (χ1n) is 6.10. The summed E-state index contributed by atoms with van der Waals surface area (Å²) in [6, 6.07) is 6.02. The molecule has 1 aliphatic carbocycles. The van der Waals surface area contributed by atoms with Crippen LogP contribution in [0.2, 0.25) is 0 Å². The number of aliphatic hydroxyl groups excluding tert-OH is 1. The summed E-state index contributed by atoms with van der Waals surface area (Å²) in [5.74, 6) is -0.796. The normalized spacial score (nSPS) is 27.3. The molecule has 0 amide bonds. The lowest BCUT2D eigenvalue weighted by molar-refractivity contribution is 0.0117. The smallest absolute Gasteiger partial charge is 0.252 e. The molecule has 0 saturated heterocycles. The van der Waals surface area contributed by atoms with E-state index in [1.807, 2.05) is 6.92 Å². The van der Waals surface area contributed by atoms with Crippen LogP contribution in [-0.2, 0) is 9.84 Å². The van der Waals surface area contributed by atoms with E-state index in [-0.39, 0.29) is 22.8 Å². The lowest BCUT2D eigenvalue weighted by Gasteiger charge is -2.39. The predicted octanol–water partition coefficient (Wildman–Crippen LogP) is 2.21. The van der Waals surface area contributed by atoms with E-state index in [2.05, 4.69) is 0 Å². The molecule has 19 heavy (non-hydrogen) atoms. The largest absolute Gasteiger partial charge is 0.393 e. The second kappa shape index (κ2) is 5.17. The van der Waals surface area contributed by atoms with Crippen molar-refractivity contribution in [2.45, 2.75) is 36.7 Å². The van der Waals surface area contributed by atoms with Gasteiger partial charge in [-0.05, 0) is 36.0 Å². The van der Waals surface area contributed by atoms with Crippen molar-refractivity contribution in [2.24, 2.45) is 5.92 Å². The zero-order chi connectivity index (χ0) is 14.2. The fourth-order valence-electron chi connectivity index (χ4n) is 2.39. The molecule has 1 aromatic carbocycles. The van der Waals surface area contributed by atoms with E-state index < -0.39 is 22.0 Å². The molecule has 3 unspecified atom stereocenters. The molecule has 1 aliphatic rings. The number of halogens is 2. The van der Waals surface area contributed by atoms with E-state index in [0.29, 0.717) is 6.42 Å². The molecule has 3 nitrogen and oxygen atoms in total. The second-order valence-electron chi connectivity index (χ2n) is 5.01. The van der Waals surface area contributed by atoms with Crippen LogP contribution in [0.25, 0.3) is 0 Å². The summed E-state index contributed by atoms with van der Waals surface area (Å²) in [6.07, 6.45) is -2.52. The Hall–Kier alpha value is -1.01. The Balaban J connectivity index is 2.15. The molecule has 0 spiro atoms. The highest BCUT2D eigenvalue weighted by Gasteiger charge is 2.37. The summed E-state index contributed by atoms with van der Waals surface area (Å²) in [7, 11) is -3.91. The van der Waals surface area contributed by atoms with Gasteiger partial charge >= 0.3 is 0 Å². The maximum atomic E-state index is 12.2. The first-order chi connectivity index (χ1) is 8.81. The van der Waals surface area contributed by atoms with Crippen molar-refractivity contribution in [3.05, 3.63) is 29.8 Å². The summed E-state index contributed by atoms with van der Waals surface area (Å²) in [6.45, 7) is 1.93. The van der Waals surface area contributed by atoms with E-state index >= 15 is 0 Å². The van der Waals surface area contributed by atoms with Gasteiger partial charge in [-0.25, -0.2) is 17.2 Å². The second-order valence-corrected chi connectivity index (χ2v) is 7.04. The maximum absolute atomic E-state index is 12.2. The minimum absolute atomic E-state index is 0.0796. The minimum atomic E-state index is -3.91. The molecule has 1 saturated carbocycles. The molecule has 0 aliphatic heterocycles. The Labute approximate surface area is 111 Å². The van der Waals surface area contributed by atoms with Crippen LogP contribution < -0.4 is 0 Å². The number of rotatable bonds is 4. The van der Waals surface area contributed by atoms with Gasteiger partial charge in [0.15, 0.2) is 9.84 Å². The molecule has 2 rings (SSSR count). The highest BCUT2D eigenvalue weighted by Crippen LogP contribution is 2.42. The summed E-state index contributed by atoms with van der Waals surface area (Å²) in [5, 5.41) is 9.45. The molecule has 0 heterocycles. The van der Waals surface area contributed by atoms with Gasteiger partial charge in [-0.2, -0.15) is 0 Å². The number of hydrogen-bond donors (Lipinski definition) is 1. The molecule has 1 fully saturated rings. The first kappa shape index (κ1) is 14.4. The van der Waals surface area contributed by atoms with E-state index in [1.165, 1.54) is 12.1 Å². The summed E-state index contributed by atoms with van der Waals surface area (Å²) < 4.78 is 47.6. The quantitative estimate of drug-likeness (QED) is 0.925. The molecule has 3 atom stereocenters. The highest BCUT2D eigenvalue weighted by atomic mass is 32.2. The Morgan fingerprint density at radius 1 is 1.32 bits per heavy atom. The molecular weight excluding hydrogens is 274 g/mol. The first-order valence-corrected chi connectivity index (χ1v) is 7.75. The number of benzene rings is 1. The molecule has 0 radical (unpaired) electrons. The van der Waals surface area contributed by atoms with E-state index in [4.69, 9.17) is 0 Å². The summed E-state index contributed by atoms with van der Waals surface area (Å²) in [5.41, 5.74) is 0.939. The van der Waals surface area contributed by atoms with Gasteiger partial charge in [-0.1, -0.05) is 19.1 Å². The van der Waals surface area contributed by atoms with E-state index in [1.54, 1.807) is 12.1 Å².